The van der Waals surface area contributed by atoms with Crippen molar-refractivity contribution in [2.45, 2.75) is 64.7 Å². The molecule has 1 aromatic rings. The Morgan fingerprint density at radius 1 is 1.05 bits per heavy atom. The van der Waals surface area contributed by atoms with E-state index in [2.05, 4.69) is 49.2 Å². The highest BCUT2D eigenvalue weighted by atomic mass is 35.5. The largest absolute Gasteiger partial charge is 0.313 e. The normalized spacial score (nSPS) is 16.5. The summed E-state index contributed by atoms with van der Waals surface area (Å²) in [6, 6.07) is 9.02. The average Bonchev–Trinajstić information content (AvgIpc) is 2.44. The molecule has 0 bridgehead atoms. The van der Waals surface area contributed by atoms with E-state index in [0.717, 1.165) is 12.5 Å². The molecular formula is C18H32ClNSi. The maximum Gasteiger partial charge on any atom is 0.0780 e. The van der Waals surface area contributed by atoms with Crippen molar-refractivity contribution in [3.05, 3.63) is 29.8 Å². The molecule has 1 fully saturated rings. The van der Waals surface area contributed by atoms with Crippen LogP contribution in [0.4, 0.5) is 0 Å². The quantitative estimate of drug-likeness (QED) is 0.589. The van der Waals surface area contributed by atoms with Crippen LogP contribution >= 0.6 is 12.4 Å². The number of hydrogen-bond donors (Lipinski definition) is 1. The van der Waals surface area contributed by atoms with Crippen molar-refractivity contribution in [1.29, 1.82) is 0 Å². The summed E-state index contributed by atoms with van der Waals surface area (Å²) in [5.74, 6) is 0.989. The molecule has 1 N–H and O–H groups in total. The molecule has 1 aliphatic rings. The van der Waals surface area contributed by atoms with Crippen LogP contribution in [0.2, 0.25) is 19.6 Å². The Bertz CT molecular complexity index is 408. The van der Waals surface area contributed by atoms with E-state index in [-0.39, 0.29) is 12.4 Å². The Morgan fingerprint density at radius 2 is 1.71 bits per heavy atom. The summed E-state index contributed by atoms with van der Waals surface area (Å²) >= 11 is 0. The van der Waals surface area contributed by atoms with Crippen molar-refractivity contribution in [2.24, 2.45) is 5.92 Å². The van der Waals surface area contributed by atoms with Crippen LogP contribution in [0.25, 0.3) is 0 Å². The zero-order valence-corrected chi connectivity index (χ0v) is 15.8. The van der Waals surface area contributed by atoms with Gasteiger partial charge in [0.25, 0.3) is 0 Å². The molecule has 2 rings (SSSR count). The van der Waals surface area contributed by atoms with Crippen LogP contribution in [0, 0.1) is 5.92 Å². The first-order chi connectivity index (χ1) is 9.57. The van der Waals surface area contributed by atoms with Gasteiger partial charge in [-0.1, -0.05) is 81.2 Å². The number of benzene rings is 1. The Kier molecular flexibility index (Phi) is 8.00. The second-order valence-electron chi connectivity index (χ2n) is 7.38. The highest BCUT2D eigenvalue weighted by Gasteiger charge is 2.19. The minimum absolute atomic E-state index is 0. The van der Waals surface area contributed by atoms with Crippen LogP contribution in [-0.2, 0) is 6.54 Å². The van der Waals surface area contributed by atoms with Crippen molar-refractivity contribution in [2.75, 3.05) is 6.54 Å². The summed E-state index contributed by atoms with van der Waals surface area (Å²) in [5, 5.41) is 5.30. The van der Waals surface area contributed by atoms with Gasteiger partial charge in [-0.2, -0.15) is 0 Å². The average molecular weight is 326 g/mol. The van der Waals surface area contributed by atoms with Crippen LogP contribution in [-0.4, -0.2) is 14.6 Å². The first kappa shape index (κ1) is 18.7. The third kappa shape index (κ3) is 6.13. The van der Waals surface area contributed by atoms with Gasteiger partial charge in [0.1, 0.15) is 0 Å². The third-order valence-electron chi connectivity index (χ3n) is 4.59. The molecule has 21 heavy (non-hydrogen) atoms. The molecule has 0 aromatic heterocycles. The van der Waals surface area contributed by atoms with Gasteiger partial charge in [0.05, 0.1) is 8.07 Å². The molecule has 120 valence electrons. The van der Waals surface area contributed by atoms with Gasteiger partial charge in [0.2, 0.25) is 0 Å². The predicted octanol–water partition coefficient (Wildman–Crippen LogP) is 4.71. The molecule has 0 heterocycles. The Morgan fingerprint density at radius 3 is 2.38 bits per heavy atom. The molecule has 0 saturated heterocycles. The smallest absolute Gasteiger partial charge is 0.0780 e. The van der Waals surface area contributed by atoms with Crippen LogP contribution < -0.4 is 10.5 Å². The van der Waals surface area contributed by atoms with E-state index in [0.29, 0.717) is 0 Å². The monoisotopic (exact) mass is 325 g/mol. The molecule has 3 heteroatoms. The molecule has 0 radical (unpaired) electrons. The fourth-order valence-electron chi connectivity index (χ4n) is 3.41. The van der Waals surface area contributed by atoms with Gasteiger partial charge in [-0.05, 0) is 24.4 Å². The van der Waals surface area contributed by atoms with Crippen molar-refractivity contribution >= 4 is 25.7 Å². The Hall–Kier alpha value is -0.313. The molecule has 0 atom stereocenters. The molecule has 0 unspecified atom stereocenters. The van der Waals surface area contributed by atoms with Crippen molar-refractivity contribution in [1.82, 2.24) is 5.32 Å². The lowest BCUT2D eigenvalue weighted by Crippen LogP contribution is -2.41. The molecule has 1 saturated carbocycles. The van der Waals surface area contributed by atoms with Gasteiger partial charge >= 0.3 is 0 Å². The van der Waals surface area contributed by atoms with Crippen LogP contribution in [0.15, 0.2) is 24.3 Å². The van der Waals surface area contributed by atoms with Gasteiger partial charge in [-0.3, -0.25) is 0 Å². The van der Waals surface area contributed by atoms with Gasteiger partial charge in [0, 0.05) is 6.54 Å². The van der Waals surface area contributed by atoms with E-state index >= 15 is 0 Å². The highest BCUT2D eigenvalue weighted by Crippen LogP contribution is 2.25. The van der Waals surface area contributed by atoms with Gasteiger partial charge < -0.3 is 5.32 Å². The van der Waals surface area contributed by atoms with E-state index in [1.165, 1.54) is 50.6 Å². The van der Waals surface area contributed by atoms with Crippen molar-refractivity contribution in [3.63, 3.8) is 0 Å². The van der Waals surface area contributed by atoms with Crippen LogP contribution in [0.5, 0.6) is 0 Å². The second-order valence-corrected chi connectivity index (χ2v) is 12.4. The van der Waals surface area contributed by atoms with E-state index in [4.69, 9.17) is 0 Å². The van der Waals surface area contributed by atoms with E-state index < -0.39 is 8.07 Å². The van der Waals surface area contributed by atoms with Crippen molar-refractivity contribution in [3.8, 4) is 0 Å². The summed E-state index contributed by atoms with van der Waals surface area (Å²) < 4.78 is 0. The molecular weight excluding hydrogens is 294 g/mol. The molecule has 0 amide bonds. The minimum atomic E-state index is -1.21. The number of nitrogens with one attached hydrogen (secondary N) is 1. The highest BCUT2D eigenvalue weighted by molar-refractivity contribution is 6.89. The summed E-state index contributed by atoms with van der Waals surface area (Å²) in [5.41, 5.74) is 1.52. The first-order valence-electron chi connectivity index (χ1n) is 8.36. The van der Waals surface area contributed by atoms with Gasteiger partial charge in [-0.25, -0.2) is 0 Å². The molecule has 1 aliphatic carbocycles. The maximum atomic E-state index is 3.68. The lowest BCUT2D eigenvalue weighted by atomic mass is 9.87. The molecule has 0 spiro atoms. The van der Waals surface area contributed by atoms with Crippen LogP contribution in [0.3, 0.4) is 0 Å². The SMILES string of the molecule is C[Si](C)(C)c1ccccc1CNCCC1CCCCC1.Cl. The standard InChI is InChI=1S/C18H31NSi.ClH/c1-20(2,3)18-12-8-7-11-17(18)15-19-14-13-16-9-5-4-6-10-16;/h7-8,11-12,16,19H,4-6,9-10,13-15H2,1-3H3;1H. The van der Waals surface area contributed by atoms with Crippen molar-refractivity contribution < 1.29 is 0 Å². The Balaban J connectivity index is 0.00000220. The fraction of sp³-hybridized carbons (Fsp3) is 0.667. The third-order valence-corrected chi connectivity index (χ3v) is 6.70. The van der Waals surface area contributed by atoms with Gasteiger partial charge in [-0.15, -0.1) is 12.4 Å². The van der Waals surface area contributed by atoms with Gasteiger partial charge in [0.15, 0.2) is 0 Å². The zero-order valence-electron chi connectivity index (χ0n) is 14.0. The number of halogens is 1. The molecule has 0 aliphatic heterocycles. The summed E-state index contributed by atoms with van der Waals surface area (Å²) in [6.07, 6.45) is 8.69. The fourth-order valence-corrected chi connectivity index (χ4v) is 5.14. The van der Waals surface area contributed by atoms with E-state index in [1.807, 2.05) is 0 Å². The number of rotatable bonds is 6. The maximum absolute atomic E-state index is 3.68. The lowest BCUT2D eigenvalue weighted by molar-refractivity contribution is 0.334. The Labute approximate surface area is 138 Å². The number of hydrogen-bond acceptors (Lipinski definition) is 1. The summed E-state index contributed by atoms with van der Waals surface area (Å²) in [7, 11) is -1.21. The second kappa shape index (κ2) is 8.97. The lowest BCUT2D eigenvalue weighted by Gasteiger charge is -2.23. The zero-order chi connectivity index (χ0) is 14.4. The topological polar surface area (TPSA) is 12.0 Å². The van der Waals surface area contributed by atoms with E-state index in [1.54, 1.807) is 5.19 Å². The minimum Gasteiger partial charge on any atom is -0.313 e. The van der Waals surface area contributed by atoms with E-state index in [9.17, 15) is 0 Å². The van der Waals surface area contributed by atoms with Crippen LogP contribution in [0.1, 0.15) is 44.1 Å². The predicted molar refractivity (Wildman–Crippen MR) is 99.6 cm³/mol. The molecule has 1 nitrogen and oxygen atoms in total. The molecule has 1 aromatic carbocycles. The summed E-state index contributed by atoms with van der Waals surface area (Å²) in [4.78, 5) is 0. The summed E-state index contributed by atoms with van der Waals surface area (Å²) in [6.45, 7) is 9.55. The first-order valence-corrected chi connectivity index (χ1v) is 11.9.